The average Bonchev–Trinajstić information content (AvgIpc) is 2.15. The Morgan fingerprint density at radius 1 is 1.33 bits per heavy atom. The van der Waals surface area contributed by atoms with Crippen LogP contribution in [0.4, 0.5) is 0 Å². The van der Waals surface area contributed by atoms with Crippen LogP contribution in [0.3, 0.4) is 0 Å². The van der Waals surface area contributed by atoms with Crippen molar-refractivity contribution in [2.75, 3.05) is 0 Å². The fourth-order valence-electron chi connectivity index (χ4n) is 0.920. The molecular weight excluding hydrogens is 150 g/mol. The molecule has 0 aliphatic carbocycles. The summed E-state index contributed by atoms with van der Waals surface area (Å²) < 4.78 is 1.59. The maximum atomic E-state index is 11.3. The lowest BCUT2D eigenvalue weighted by molar-refractivity contribution is -0.574. The van der Waals surface area contributed by atoms with E-state index in [1.54, 1.807) is 23.0 Å². The van der Waals surface area contributed by atoms with E-state index in [2.05, 4.69) is 6.58 Å². The summed E-state index contributed by atoms with van der Waals surface area (Å²) in [6.45, 7) is 3.56. The van der Waals surface area contributed by atoms with Crippen LogP contribution in [0.15, 0.2) is 43.2 Å². The van der Waals surface area contributed by atoms with Crippen LogP contribution in [0.2, 0.25) is 0 Å². The molecule has 0 aromatic carbocycles. The van der Waals surface area contributed by atoms with Gasteiger partial charge in [-0.25, -0.2) is 4.79 Å². The highest BCUT2D eigenvalue weighted by atomic mass is 16.1. The highest BCUT2D eigenvalue weighted by molar-refractivity contribution is 5.66. The van der Waals surface area contributed by atoms with Gasteiger partial charge in [-0.2, -0.15) is 0 Å². The van der Waals surface area contributed by atoms with Crippen molar-refractivity contribution in [1.82, 2.24) is 0 Å². The third kappa shape index (κ3) is 2.31. The number of allylic oxidation sites excluding steroid dienone is 1. The van der Waals surface area contributed by atoms with Gasteiger partial charge in [0.05, 0.1) is 6.42 Å². The van der Waals surface area contributed by atoms with Gasteiger partial charge in [-0.15, -0.1) is 11.1 Å². The SMILES string of the molecule is C=CCCC(=O)[n+]1ccccc1. The summed E-state index contributed by atoms with van der Waals surface area (Å²) >= 11 is 0. The Morgan fingerprint density at radius 3 is 2.58 bits per heavy atom. The number of rotatable bonds is 3. The van der Waals surface area contributed by atoms with Crippen LogP contribution in [0.5, 0.6) is 0 Å². The Hall–Kier alpha value is -1.44. The molecule has 0 unspecified atom stereocenters. The van der Waals surface area contributed by atoms with E-state index in [0.717, 1.165) is 6.42 Å². The summed E-state index contributed by atoms with van der Waals surface area (Å²) in [5.74, 6) is 0.107. The molecule has 0 atom stereocenters. The second kappa shape index (κ2) is 4.44. The van der Waals surface area contributed by atoms with Crippen molar-refractivity contribution in [3.05, 3.63) is 43.2 Å². The van der Waals surface area contributed by atoms with Gasteiger partial charge in [0.25, 0.3) is 0 Å². The van der Waals surface area contributed by atoms with E-state index < -0.39 is 0 Å². The summed E-state index contributed by atoms with van der Waals surface area (Å²) in [6.07, 6.45) is 6.52. The third-order valence-corrected chi connectivity index (χ3v) is 1.57. The fourth-order valence-corrected chi connectivity index (χ4v) is 0.920. The molecule has 1 aromatic heterocycles. The fraction of sp³-hybridized carbons (Fsp3) is 0.200. The van der Waals surface area contributed by atoms with Crippen molar-refractivity contribution in [3.63, 3.8) is 0 Å². The van der Waals surface area contributed by atoms with Crippen molar-refractivity contribution >= 4 is 5.91 Å². The van der Waals surface area contributed by atoms with Crippen molar-refractivity contribution in [2.45, 2.75) is 12.8 Å². The Morgan fingerprint density at radius 2 is 2.00 bits per heavy atom. The summed E-state index contributed by atoms with van der Waals surface area (Å²) in [5, 5.41) is 0. The molecule has 1 heterocycles. The topological polar surface area (TPSA) is 20.9 Å². The van der Waals surface area contributed by atoms with Crippen molar-refractivity contribution in [3.8, 4) is 0 Å². The Bertz CT molecular complexity index is 266. The van der Waals surface area contributed by atoms with Crippen molar-refractivity contribution in [1.29, 1.82) is 0 Å². The largest absolute Gasteiger partial charge is 0.392 e. The van der Waals surface area contributed by atoms with E-state index in [9.17, 15) is 4.79 Å². The van der Waals surface area contributed by atoms with Crippen LogP contribution in [-0.4, -0.2) is 5.91 Å². The molecule has 0 aliphatic rings. The second-order valence-electron chi connectivity index (χ2n) is 2.50. The zero-order chi connectivity index (χ0) is 8.81. The summed E-state index contributed by atoms with van der Waals surface area (Å²) in [4.78, 5) is 11.3. The molecule has 0 bridgehead atoms. The van der Waals surface area contributed by atoms with Gasteiger partial charge in [0.1, 0.15) is 0 Å². The number of carbonyl (C=O) groups excluding carboxylic acids is 1. The van der Waals surface area contributed by atoms with E-state index >= 15 is 0 Å². The molecule has 0 aliphatic heterocycles. The zero-order valence-electron chi connectivity index (χ0n) is 6.94. The number of aromatic nitrogens is 1. The molecule has 0 fully saturated rings. The number of pyridine rings is 1. The van der Waals surface area contributed by atoms with Gasteiger partial charge in [0.2, 0.25) is 0 Å². The number of hydrogen-bond donors (Lipinski definition) is 0. The van der Waals surface area contributed by atoms with Gasteiger partial charge >= 0.3 is 5.91 Å². The van der Waals surface area contributed by atoms with Crippen LogP contribution in [0, 0.1) is 0 Å². The second-order valence-corrected chi connectivity index (χ2v) is 2.50. The maximum Gasteiger partial charge on any atom is 0.392 e. The van der Waals surface area contributed by atoms with E-state index in [1.165, 1.54) is 0 Å². The third-order valence-electron chi connectivity index (χ3n) is 1.57. The molecule has 1 rings (SSSR count). The van der Waals surface area contributed by atoms with E-state index in [4.69, 9.17) is 0 Å². The number of nitrogens with zero attached hydrogens (tertiary/aromatic N) is 1. The van der Waals surface area contributed by atoms with Gasteiger partial charge in [0, 0.05) is 12.1 Å². The molecule has 0 spiro atoms. The monoisotopic (exact) mass is 162 g/mol. The zero-order valence-corrected chi connectivity index (χ0v) is 6.94. The van der Waals surface area contributed by atoms with E-state index in [-0.39, 0.29) is 5.91 Å². The van der Waals surface area contributed by atoms with E-state index in [0.29, 0.717) is 6.42 Å². The molecule has 0 saturated carbocycles. The molecule has 0 N–H and O–H groups in total. The highest BCUT2D eigenvalue weighted by Crippen LogP contribution is 1.89. The van der Waals surface area contributed by atoms with Crippen LogP contribution in [-0.2, 0) is 0 Å². The molecule has 1 aromatic rings. The highest BCUT2D eigenvalue weighted by Gasteiger charge is 2.10. The minimum Gasteiger partial charge on any atom is -0.219 e. The van der Waals surface area contributed by atoms with Crippen molar-refractivity contribution < 1.29 is 9.36 Å². The lowest BCUT2D eigenvalue weighted by Gasteiger charge is -1.90. The van der Waals surface area contributed by atoms with Crippen LogP contribution < -0.4 is 4.57 Å². The molecular formula is C10H12NO+. The normalized spacial score (nSPS) is 9.33. The van der Waals surface area contributed by atoms with Crippen molar-refractivity contribution in [2.24, 2.45) is 0 Å². The first kappa shape index (κ1) is 8.65. The summed E-state index contributed by atoms with van der Waals surface area (Å²) in [5.41, 5.74) is 0. The first-order chi connectivity index (χ1) is 5.84. The summed E-state index contributed by atoms with van der Waals surface area (Å²) in [6, 6.07) is 5.56. The lowest BCUT2D eigenvalue weighted by atomic mass is 10.3. The Kier molecular flexibility index (Phi) is 3.20. The van der Waals surface area contributed by atoms with Crippen LogP contribution in [0.25, 0.3) is 0 Å². The van der Waals surface area contributed by atoms with Gasteiger partial charge < -0.3 is 0 Å². The average molecular weight is 162 g/mol. The smallest absolute Gasteiger partial charge is 0.219 e. The van der Waals surface area contributed by atoms with Gasteiger partial charge in [-0.05, 0) is 6.42 Å². The van der Waals surface area contributed by atoms with Gasteiger partial charge in [-0.3, -0.25) is 0 Å². The van der Waals surface area contributed by atoms with Gasteiger partial charge in [-0.1, -0.05) is 12.1 Å². The predicted octanol–water partition coefficient (Wildman–Crippen LogP) is 1.58. The minimum atomic E-state index is 0.107. The first-order valence-corrected chi connectivity index (χ1v) is 3.95. The standard InChI is InChI=1S/C10H12NO/c1-2-3-7-10(12)11-8-5-4-6-9-11/h2,4-6,8-9H,1,3,7H2/q+1. The molecule has 0 saturated heterocycles. The summed E-state index contributed by atoms with van der Waals surface area (Å²) in [7, 11) is 0. The maximum absolute atomic E-state index is 11.3. The number of carbonyl (C=O) groups is 1. The molecule has 0 amide bonds. The van der Waals surface area contributed by atoms with E-state index in [1.807, 2.05) is 18.2 Å². The Labute approximate surface area is 72.2 Å². The lowest BCUT2D eigenvalue weighted by Crippen LogP contribution is -2.40. The van der Waals surface area contributed by atoms with Gasteiger partial charge in [0.15, 0.2) is 12.4 Å². The predicted molar refractivity (Wildman–Crippen MR) is 46.7 cm³/mol. The molecule has 0 radical (unpaired) electrons. The Balaban J connectivity index is 2.59. The molecule has 12 heavy (non-hydrogen) atoms. The van der Waals surface area contributed by atoms with Crippen LogP contribution >= 0.6 is 0 Å². The quantitative estimate of drug-likeness (QED) is 0.488. The molecule has 62 valence electrons. The van der Waals surface area contributed by atoms with Crippen LogP contribution in [0.1, 0.15) is 17.6 Å². The number of hydrogen-bond acceptors (Lipinski definition) is 1. The molecule has 2 nitrogen and oxygen atoms in total. The first-order valence-electron chi connectivity index (χ1n) is 3.95. The molecule has 2 heteroatoms. The minimum absolute atomic E-state index is 0.107.